The van der Waals surface area contributed by atoms with Crippen LogP contribution < -0.4 is 10.6 Å². The number of carbonyl (C=O) groups excluding carboxylic acids is 2. The van der Waals surface area contributed by atoms with Crippen molar-refractivity contribution in [3.63, 3.8) is 0 Å². The Balaban J connectivity index is 2.14. The lowest BCUT2D eigenvalue weighted by Gasteiger charge is -2.05. The Kier molecular flexibility index (Phi) is 6.49. The summed E-state index contributed by atoms with van der Waals surface area (Å²) in [5.41, 5.74) is 0. The second-order valence-corrected chi connectivity index (χ2v) is 4.59. The number of halogens is 1. The number of amides is 2. The number of furan rings is 1. The molecule has 100 valence electrons. The van der Waals surface area contributed by atoms with E-state index in [-0.39, 0.29) is 17.6 Å². The van der Waals surface area contributed by atoms with Gasteiger partial charge in [-0.15, -0.1) is 0 Å². The summed E-state index contributed by atoms with van der Waals surface area (Å²) in [7, 11) is 0. The molecule has 1 aromatic rings. The summed E-state index contributed by atoms with van der Waals surface area (Å²) in [6.45, 7) is 2.85. The maximum atomic E-state index is 11.5. The maximum Gasteiger partial charge on any atom is 0.287 e. The first kappa shape index (κ1) is 14.8. The number of carbonyl (C=O) groups is 2. The van der Waals surface area contributed by atoms with E-state index in [0.717, 1.165) is 12.8 Å². The van der Waals surface area contributed by atoms with E-state index in [1.165, 1.54) is 0 Å². The van der Waals surface area contributed by atoms with Crippen molar-refractivity contribution < 1.29 is 14.0 Å². The summed E-state index contributed by atoms with van der Waals surface area (Å²) in [6.07, 6.45) is 2.42. The third-order valence-corrected chi connectivity index (χ3v) is 2.71. The van der Waals surface area contributed by atoms with Crippen LogP contribution in [0.1, 0.15) is 36.7 Å². The lowest BCUT2D eigenvalue weighted by atomic mass is 10.2. The molecule has 0 bridgehead atoms. The highest BCUT2D eigenvalue weighted by molar-refractivity contribution is 9.10. The first-order valence-electron chi connectivity index (χ1n) is 5.93. The summed E-state index contributed by atoms with van der Waals surface area (Å²) < 4.78 is 5.61. The molecule has 6 heteroatoms. The topological polar surface area (TPSA) is 71.3 Å². The van der Waals surface area contributed by atoms with Crippen LogP contribution in [-0.4, -0.2) is 24.9 Å². The summed E-state index contributed by atoms with van der Waals surface area (Å²) in [4.78, 5) is 22.8. The molecule has 0 fully saturated rings. The highest BCUT2D eigenvalue weighted by Crippen LogP contribution is 2.13. The summed E-state index contributed by atoms with van der Waals surface area (Å²) in [5.74, 6) is -0.0190. The molecule has 0 atom stereocenters. The van der Waals surface area contributed by atoms with Gasteiger partial charge in [0.05, 0.1) is 0 Å². The molecule has 2 N–H and O–H groups in total. The first-order valence-corrected chi connectivity index (χ1v) is 6.73. The van der Waals surface area contributed by atoms with Gasteiger partial charge in [-0.1, -0.05) is 13.3 Å². The van der Waals surface area contributed by atoms with E-state index in [9.17, 15) is 9.59 Å². The monoisotopic (exact) mass is 316 g/mol. The Labute approximate surface area is 114 Å². The smallest absolute Gasteiger partial charge is 0.287 e. The normalized spacial score (nSPS) is 10.1. The average Bonchev–Trinajstić information content (AvgIpc) is 2.78. The molecular formula is C12H17BrN2O3. The van der Waals surface area contributed by atoms with Crippen molar-refractivity contribution in [1.82, 2.24) is 10.6 Å². The Morgan fingerprint density at radius 1 is 1.28 bits per heavy atom. The molecule has 0 aromatic carbocycles. The Bertz CT molecular complexity index is 404. The van der Waals surface area contributed by atoms with E-state index in [0.29, 0.717) is 24.2 Å². The van der Waals surface area contributed by atoms with Gasteiger partial charge in [0.1, 0.15) is 0 Å². The molecule has 0 aliphatic heterocycles. The zero-order valence-electron chi connectivity index (χ0n) is 10.3. The van der Waals surface area contributed by atoms with Gasteiger partial charge in [-0.2, -0.15) is 0 Å². The van der Waals surface area contributed by atoms with Crippen LogP contribution in [0.5, 0.6) is 0 Å². The summed E-state index contributed by atoms with van der Waals surface area (Å²) >= 11 is 3.12. The molecule has 1 aromatic heterocycles. The second-order valence-electron chi connectivity index (χ2n) is 3.81. The molecule has 0 saturated heterocycles. The average molecular weight is 317 g/mol. The third-order valence-electron chi connectivity index (χ3n) is 2.29. The minimum Gasteiger partial charge on any atom is -0.444 e. The van der Waals surface area contributed by atoms with Gasteiger partial charge in [0, 0.05) is 19.5 Å². The molecular weight excluding hydrogens is 300 g/mol. The van der Waals surface area contributed by atoms with Crippen LogP contribution in [0, 0.1) is 0 Å². The highest BCUT2D eigenvalue weighted by Gasteiger charge is 2.09. The van der Waals surface area contributed by atoms with Crippen LogP contribution in [0.3, 0.4) is 0 Å². The lowest BCUT2D eigenvalue weighted by molar-refractivity contribution is -0.121. The molecule has 2 amide bonds. The van der Waals surface area contributed by atoms with Crippen molar-refractivity contribution in [3.8, 4) is 0 Å². The first-order chi connectivity index (χ1) is 8.63. The number of rotatable bonds is 7. The Morgan fingerprint density at radius 3 is 2.61 bits per heavy atom. The van der Waals surface area contributed by atoms with Gasteiger partial charge >= 0.3 is 0 Å². The number of unbranched alkanes of at least 4 members (excludes halogenated alkanes) is 1. The van der Waals surface area contributed by atoms with E-state index in [2.05, 4.69) is 26.6 Å². The molecule has 0 unspecified atom stereocenters. The zero-order chi connectivity index (χ0) is 13.4. The molecule has 5 nitrogen and oxygen atoms in total. The molecule has 0 radical (unpaired) electrons. The van der Waals surface area contributed by atoms with Crippen LogP contribution >= 0.6 is 15.9 Å². The van der Waals surface area contributed by atoms with Crippen LogP contribution in [0.25, 0.3) is 0 Å². The molecule has 18 heavy (non-hydrogen) atoms. The predicted octanol–water partition coefficient (Wildman–Crippen LogP) is 2.08. The second kappa shape index (κ2) is 7.92. The van der Waals surface area contributed by atoms with E-state index in [4.69, 9.17) is 4.42 Å². The minimum absolute atomic E-state index is 0.0202. The van der Waals surface area contributed by atoms with E-state index >= 15 is 0 Å². The molecule has 1 rings (SSSR count). The largest absolute Gasteiger partial charge is 0.444 e. The van der Waals surface area contributed by atoms with Crippen molar-refractivity contribution in [1.29, 1.82) is 0 Å². The minimum atomic E-state index is -0.288. The van der Waals surface area contributed by atoms with Gasteiger partial charge in [0.2, 0.25) is 5.91 Å². The van der Waals surface area contributed by atoms with Crippen molar-refractivity contribution >= 4 is 27.7 Å². The van der Waals surface area contributed by atoms with E-state index in [1.807, 2.05) is 6.92 Å². The number of nitrogens with one attached hydrogen (secondary N) is 2. The van der Waals surface area contributed by atoms with Gasteiger partial charge < -0.3 is 15.1 Å². The van der Waals surface area contributed by atoms with Crippen molar-refractivity contribution in [2.45, 2.75) is 26.2 Å². The fraction of sp³-hybridized carbons (Fsp3) is 0.500. The van der Waals surface area contributed by atoms with E-state index < -0.39 is 0 Å². The molecule has 0 saturated carbocycles. The predicted molar refractivity (Wildman–Crippen MR) is 71.3 cm³/mol. The van der Waals surface area contributed by atoms with Gasteiger partial charge in [-0.25, -0.2) is 0 Å². The summed E-state index contributed by atoms with van der Waals surface area (Å²) in [6, 6.07) is 3.24. The van der Waals surface area contributed by atoms with Crippen molar-refractivity contribution in [2.24, 2.45) is 0 Å². The Morgan fingerprint density at radius 2 is 2.00 bits per heavy atom. The van der Waals surface area contributed by atoms with Crippen LogP contribution in [-0.2, 0) is 4.79 Å². The standard InChI is InChI=1S/C12H17BrN2O3/c1-2-3-4-11(16)14-7-8-15-12(17)9-5-6-10(13)18-9/h5-6H,2-4,7-8H2,1H3,(H,14,16)(H,15,17). The van der Waals surface area contributed by atoms with E-state index in [1.54, 1.807) is 12.1 Å². The quantitative estimate of drug-likeness (QED) is 0.756. The third kappa shape index (κ3) is 5.35. The van der Waals surface area contributed by atoms with Crippen LogP contribution in [0.2, 0.25) is 0 Å². The van der Waals surface area contributed by atoms with Crippen molar-refractivity contribution in [3.05, 3.63) is 22.6 Å². The van der Waals surface area contributed by atoms with Crippen LogP contribution in [0.4, 0.5) is 0 Å². The molecule has 0 spiro atoms. The number of hydrogen-bond donors (Lipinski definition) is 2. The zero-order valence-corrected chi connectivity index (χ0v) is 11.9. The molecule has 0 aliphatic carbocycles. The Hall–Kier alpha value is -1.30. The van der Waals surface area contributed by atoms with Crippen molar-refractivity contribution in [2.75, 3.05) is 13.1 Å². The molecule has 0 aliphatic rings. The SMILES string of the molecule is CCCCC(=O)NCCNC(=O)c1ccc(Br)o1. The fourth-order valence-corrected chi connectivity index (χ4v) is 1.63. The van der Waals surface area contributed by atoms with Crippen LogP contribution in [0.15, 0.2) is 21.2 Å². The van der Waals surface area contributed by atoms with Gasteiger partial charge in [0.15, 0.2) is 10.4 Å². The summed E-state index contributed by atoms with van der Waals surface area (Å²) in [5, 5.41) is 5.39. The fourth-order valence-electron chi connectivity index (χ4n) is 1.33. The maximum absolute atomic E-state index is 11.5. The lowest BCUT2D eigenvalue weighted by Crippen LogP contribution is -2.34. The van der Waals surface area contributed by atoms with Gasteiger partial charge in [-0.05, 0) is 34.5 Å². The number of hydrogen-bond acceptors (Lipinski definition) is 3. The van der Waals surface area contributed by atoms with Gasteiger partial charge in [0.25, 0.3) is 5.91 Å². The van der Waals surface area contributed by atoms with Gasteiger partial charge in [-0.3, -0.25) is 9.59 Å². The highest BCUT2D eigenvalue weighted by atomic mass is 79.9. The molecule has 1 heterocycles.